The van der Waals surface area contributed by atoms with Crippen LogP contribution in [0.4, 0.5) is 4.79 Å². The highest BCUT2D eigenvalue weighted by Gasteiger charge is 2.33. The first-order valence-corrected chi connectivity index (χ1v) is 6.39. The van der Waals surface area contributed by atoms with Crippen LogP contribution in [0.5, 0.6) is 5.75 Å². The lowest BCUT2D eigenvalue weighted by atomic mass is 10.3. The van der Waals surface area contributed by atoms with Crippen LogP contribution in [-0.2, 0) is 0 Å². The third-order valence-electron chi connectivity index (χ3n) is 2.77. The van der Waals surface area contributed by atoms with Gasteiger partial charge in [-0.25, -0.2) is 4.79 Å². The Bertz CT molecular complexity index is 432. The second-order valence-electron chi connectivity index (χ2n) is 4.32. The van der Waals surface area contributed by atoms with Crippen molar-refractivity contribution >= 4 is 23.3 Å². The first-order valence-electron chi connectivity index (χ1n) is 5.98. The number of hydrogen-bond donors (Lipinski definition) is 1. The van der Waals surface area contributed by atoms with E-state index in [9.17, 15) is 4.79 Å². The summed E-state index contributed by atoms with van der Waals surface area (Å²) in [5.41, 5.74) is 5.47. The van der Waals surface area contributed by atoms with Crippen molar-refractivity contribution in [2.24, 2.45) is 5.73 Å². The number of carbonyl (C=O) groups is 1. The van der Waals surface area contributed by atoms with Crippen LogP contribution in [0.1, 0.15) is 19.3 Å². The number of amides is 1. The zero-order valence-electron chi connectivity index (χ0n) is 10.0. The molecule has 2 rings (SSSR count). The topological polar surface area (TPSA) is 55.6 Å². The maximum absolute atomic E-state index is 12.0. The zero-order chi connectivity index (χ0) is 13.0. The van der Waals surface area contributed by atoms with Gasteiger partial charge in [-0.05, 0) is 25.0 Å². The summed E-state index contributed by atoms with van der Waals surface area (Å²) in [6.45, 7) is 0.533. The van der Waals surface area contributed by atoms with Gasteiger partial charge in [0.25, 0.3) is 0 Å². The summed E-state index contributed by atoms with van der Waals surface area (Å²) < 4.78 is 5.31. The van der Waals surface area contributed by atoms with Crippen LogP contribution in [0.25, 0.3) is 0 Å². The minimum Gasteiger partial charge on any atom is -0.410 e. The molecule has 4 nitrogen and oxygen atoms in total. The predicted molar refractivity (Wildman–Crippen MR) is 73.6 cm³/mol. The number of nitrogens with two attached hydrogens (primary N) is 1. The van der Waals surface area contributed by atoms with E-state index in [1.54, 1.807) is 17.0 Å². The van der Waals surface area contributed by atoms with E-state index in [4.69, 9.17) is 22.7 Å². The Hall–Kier alpha value is -1.62. The van der Waals surface area contributed by atoms with E-state index >= 15 is 0 Å². The first kappa shape index (κ1) is 12.8. The molecule has 0 atom stereocenters. The van der Waals surface area contributed by atoms with Gasteiger partial charge in [-0.15, -0.1) is 0 Å². The van der Waals surface area contributed by atoms with Crippen molar-refractivity contribution in [2.75, 3.05) is 6.54 Å². The fourth-order valence-corrected chi connectivity index (χ4v) is 1.78. The second kappa shape index (κ2) is 5.82. The van der Waals surface area contributed by atoms with Crippen LogP contribution in [-0.4, -0.2) is 28.6 Å². The van der Waals surface area contributed by atoms with Crippen molar-refractivity contribution in [1.82, 2.24) is 4.90 Å². The molecule has 5 heteroatoms. The fourth-order valence-electron chi connectivity index (χ4n) is 1.69. The Kier molecular flexibility index (Phi) is 4.15. The van der Waals surface area contributed by atoms with E-state index in [-0.39, 0.29) is 12.1 Å². The quantitative estimate of drug-likeness (QED) is 0.829. The molecule has 1 aromatic rings. The lowest BCUT2D eigenvalue weighted by Crippen LogP contribution is -2.37. The highest BCUT2D eigenvalue weighted by atomic mass is 32.1. The molecule has 1 aliphatic carbocycles. The normalized spacial score (nSPS) is 14.0. The molecule has 0 saturated heterocycles. The lowest BCUT2D eigenvalue weighted by molar-refractivity contribution is 0.150. The first-order chi connectivity index (χ1) is 8.66. The van der Waals surface area contributed by atoms with Crippen LogP contribution in [0, 0.1) is 0 Å². The van der Waals surface area contributed by atoms with Gasteiger partial charge >= 0.3 is 6.09 Å². The highest BCUT2D eigenvalue weighted by Crippen LogP contribution is 2.28. The van der Waals surface area contributed by atoms with Gasteiger partial charge in [0.05, 0.1) is 4.99 Å². The number of para-hydroxylation sites is 1. The average Bonchev–Trinajstić information content (AvgIpc) is 3.14. The van der Waals surface area contributed by atoms with E-state index in [1.807, 2.05) is 18.2 Å². The Labute approximate surface area is 112 Å². The summed E-state index contributed by atoms with van der Waals surface area (Å²) in [6.07, 6.45) is 2.28. The van der Waals surface area contributed by atoms with Crippen LogP contribution in [0.15, 0.2) is 30.3 Å². The number of carbonyl (C=O) groups excluding carboxylic acids is 1. The third-order valence-corrected chi connectivity index (χ3v) is 2.97. The molecule has 0 spiro atoms. The van der Waals surface area contributed by atoms with Gasteiger partial charge in [0.15, 0.2) is 0 Å². The van der Waals surface area contributed by atoms with E-state index in [0.29, 0.717) is 23.7 Å². The number of nitrogens with zero attached hydrogens (tertiary/aromatic N) is 1. The summed E-state index contributed by atoms with van der Waals surface area (Å²) in [5.74, 6) is 0.559. The van der Waals surface area contributed by atoms with Gasteiger partial charge in [-0.1, -0.05) is 30.4 Å². The van der Waals surface area contributed by atoms with E-state index in [1.165, 1.54) is 0 Å². The molecule has 1 aromatic carbocycles. The Morgan fingerprint density at radius 1 is 1.39 bits per heavy atom. The van der Waals surface area contributed by atoms with Crippen molar-refractivity contribution < 1.29 is 9.53 Å². The molecule has 0 bridgehead atoms. The number of thiocarbonyl (C=S) groups is 1. The summed E-state index contributed by atoms with van der Waals surface area (Å²) >= 11 is 4.84. The lowest BCUT2D eigenvalue weighted by Gasteiger charge is -2.21. The van der Waals surface area contributed by atoms with E-state index in [0.717, 1.165) is 12.8 Å². The molecule has 0 radical (unpaired) electrons. The summed E-state index contributed by atoms with van der Waals surface area (Å²) in [7, 11) is 0. The Balaban J connectivity index is 1.93. The molecule has 0 heterocycles. The molecule has 2 N–H and O–H groups in total. The molecule has 18 heavy (non-hydrogen) atoms. The van der Waals surface area contributed by atoms with Gasteiger partial charge in [-0.3, -0.25) is 0 Å². The monoisotopic (exact) mass is 264 g/mol. The highest BCUT2D eigenvalue weighted by molar-refractivity contribution is 7.80. The van der Waals surface area contributed by atoms with Crippen molar-refractivity contribution in [3.63, 3.8) is 0 Å². The molecular formula is C13H16N2O2S. The van der Waals surface area contributed by atoms with Crippen molar-refractivity contribution in [3.8, 4) is 5.75 Å². The second-order valence-corrected chi connectivity index (χ2v) is 4.85. The molecule has 1 saturated carbocycles. The van der Waals surface area contributed by atoms with Gasteiger partial charge in [-0.2, -0.15) is 0 Å². The summed E-state index contributed by atoms with van der Waals surface area (Å²) in [6, 6.07) is 9.35. The number of ether oxygens (including phenoxy) is 1. The smallest absolute Gasteiger partial charge is 0.410 e. The minimum atomic E-state index is -0.319. The van der Waals surface area contributed by atoms with E-state index in [2.05, 4.69) is 0 Å². The van der Waals surface area contributed by atoms with Crippen LogP contribution < -0.4 is 10.5 Å². The summed E-state index contributed by atoms with van der Waals surface area (Å²) in [4.78, 5) is 14.2. The van der Waals surface area contributed by atoms with Gasteiger partial charge in [0, 0.05) is 19.0 Å². The molecule has 96 valence electrons. The van der Waals surface area contributed by atoms with Crippen LogP contribution in [0.3, 0.4) is 0 Å². The molecule has 0 aliphatic heterocycles. The van der Waals surface area contributed by atoms with Gasteiger partial charge < -0.3 is 15.4 Å². The summed E-state index contributed by atoms with van der Waals surface area (Å²) in [5, 5.41) is 0. The molecule has 1 aliphatic rings. The number of hydrogen-bond acceptors (Lipinski definition) is 3. The van der Waals surface area contributed by atoms with Crippen molar-refractivity contribution in [3.05, 3.63) is 30.3 Å². The SMILES string of the molecule is NC(=S)CCN(C(=O)Oc1ccccc1)C1CC1. The molecule has 1 fully saturated rings. The van der Waals surface area contributed by atoms with E-state index < -0.39 is 0 Å². The predicted octanol–water partition coefficient (Wildman–Crippen LogP) is 2.33. The number of benzene rings is 1. The van der Waals surface area contributed by atoms with Crippen molar-refractivity contribution in [2.45, 2.75) is 25.3 Å². The van der Waals surface area contributed by atoms with Crippen molar-refractivity contribution in [1.29, 1.82) is 0 Å². The van der Waals surface area contributed by atoms with Crippen LogP contribution in [0.2, 0.25) is 0 Å². The largest absolute Gasteiger partial charge is 0.415 e. The standard InChI is InChI=1S/C13H16N2O2S/c14-12(18)8-9-15(10-6-7-10)13(16)17-11-4-2-1-3-5-11/h1-5,10H,6-9H2,(H2,14,18). The zero-order valence-corrected chi connectivity index (χ0v) is 10.9. The maximum Gasteiger partial charge on any atom is 0.415 e. The Morgan fingerprint density at radius 2 is 2.06 bits per heavy atom. The molecule has 1 amide bonds. The fraction of sp³-hybridized carbons (Fsp3) is 0.385. The van der Waals surface area contributed by atoms with Crippen LogP contribution >= 0.6 is 12.2 Å². The van der Waals surface area contributed by atoms with Gasteiger partial charge in [0.2, 0.25) is 0 Å². The number of rotatable bonds is 5. The maximum atomic E-state index is 12.0. The molecular weight excluding hydrogens is 248 g/mol. The Morgan fingerprint density at radius 3 is 2.61 bits per heavy atom. The molecule has 0 unspecified atom stereocenters. The minimum absolute atomic E-state index is 0.288. The third kappa shape index (κ3) is 3.70. The average molecular weight is 264 g/mol. The molecule has 0 aromatic heterocycles. The van der Waals surface area contributed by atoms with Gasteiger partial charge in [0.1, 0.15) is 5.75 Å².